The minimum atomic E-state index is 0.565. The highest BCUT2D eigenvalue weighted by Crippen LogP contribution is 2.03. The number of hydrogen-bond acceptors (Lipinski definition) is 3. The van der Waals surface area contributed by atoms with Crippen LogP contribution < -0.4 is 5.32 Å². The van der Waals surface area contributed by atoms with E-state index in [-0.39, 0.29) is 0 Å². The van der Waals surface area contributed by atoms with Crippen LogP contribution in [-0.2, 0) is 13.1 Å². The van der Waals surface area contributed by atoms with Crippen molar-refractivity contribution in [2.24, 2.45) is 0 Å². The zero-order valence-electron chi connectivity index (χ0n) is 9.86. The standard InChI is InChI=1S/C11H21N3S/c1-4-14-9-12-6-11(14)7-13-10(3)8-15-5-2/h6,9-10,13H,4-5,7-8H2,1-3H3. The fraction of sp³-hybridized carbons (Fsp3) is 0.727. The molecule has 1 aromatic heterocycles. The van der Waals surface area contributed by atoms with Crippen LogP contribution in [0.15, 0.2) is 12.5 Å². The molecule has 0 aliphatic rings. The molecule has 0 aliphatic heterocycles. The molecule has 1 aromatic rings. The van der Waals surface area contributed by atoms with Gasteiger partial charge in [0.2, 0.25) is 0 Å². The van der Waals surface area contributed by atoms with Gasteiger partial charge in [-0.05, 0) is 19.6 Å². The van der Waals surface area contributed by atoms with Gasteiger partial charge in [-0.15, -0.1) is 0 Å². The Kier molecular flexibility index (Phi) is 5.79. The lowest BCUT2D eigenvalue weighted by atomic mass is 10.3. The maximum atomic E-state index is 4.15. The molecule has 0 saturated heterocycles. The third kappa shape index (κ3) is 4.26. The van der Waals surface area contributed by atoms with Crippen molar-refractivity contribution >= 4 is 11.8 Å². The van der Waals surface area contributed by atoms with Gasteiger partial charge in [-0.25, -0.2) is 4.98 Å². The summed E-state index contributed by atoms with van der Waals surface area (Å²) in [5.41, 5.74) is 1.27. The predicted octanol–water partition coefficient (Wildman–Crippen LogP) is 2.13. The van der Waals surface area contributed by atoms with Gasteiger partial charge in [0, 0.05) is 31.1 Å². The minimum Gasteiger partial charge on any atom is -0.334 e. The van der Waals surface area contributed by atoms with Crippen LogP contribution in [0.25, 0.3) is 0 Å². The lowest BCUT2D eigenvalue weighted by molar-refractivity contribution is 0.566. The number of aryl methyl sites for hydroxylation is 1. The third-order valence-corrected chi connectivity index (χ3v) is 3.49. The van der Waals surface area contributed by atoms with E-state index < -0.39 is 0 Å². The molecule has 1 atom stereocenters. The van der Waals surface area contributed by atoms with Gasteiger partial charge in [-0.2, -0.15) is 11.8 Å². The highest BCUT2D eigenvalue weighted by molar-refractivity contribution is 7.99. The van der Waals surface area contributed by atoms with Crippen LogP contribution in [0.5, 0.6) is 0 Å². The molecule has 1 unspecified atom stereocenters. The Balaban J connectivity index is 2.30. The lowest BCUT2D eigenvalue weighted by Gasteiger charge is -2.13. The van der Waals surface area contributed by atoms with E-state index in [1.54, 1.807) is 0 Å². The van der Waals surface area contributed by atoms with Crippen LogP contribution in [0.2, 0.25) is 0 Å². The number of rotatable bonds is 7. The second-order valence-corrected chi connectivity index (χ2v) is 4.93. The Bertz CT molecular complexity index is 273. The summed E-state index contributed by atoms with van der Waals surface area (Å²) in [6.45, 7) is 8.48. The van der Waals surface area contributed by atoms with Gasteiger partial charge in [-0.1, -0.05) is 6.92 Å². The first-order valence-corrected chi connectivity index (χ1v) is 6.73. The first-order chi connectivity index (χ1) is 7.27. The fourth-order valence-electron chi connectivity index (χ4n) is 1.41. The van der Waals surface area contributed by atoms with Gasteiger partial charge in [0.05, 0.1) is 12.0 Å². The SMILES string of the molecule is CCSCC(C)NCc1cncn1CC. The average Bonchev–Trinajstić information content (AvgIpc) is 2.70. The van der Waals surface area contributed by atoms with E-state index in [1.165, 1.54) is 17.2 Å². The third-order valence-electron chi connectivity index (χ3n) is 2.34. The van der Waals surface area contributed by atoms with Gasteiger partial charge in [0.25, 0.3) is 0 Å². The van der Waals surface area contributed by atoms with E-state index in [0.717, 1.165) is 13.1 Å². The molecule has 0 aliphatic carbocycles. The van der Waals surface area contributed by atoms with Crippen molar-refractivity contribution in [3.63, 3.8) is 0 Å². The number of imidazole rings is 1. The summed E-state index contributed by atoms with van der Waals surface area (Å²) >= 11 is 1.98. The number of aromatic nitrogens is 2. The summed E-state index contributed by atoms with van der Waals surface area (Å²) in [7, 11) is 0. The van der Waals surface area contributed by atoms with E-state index in [1.807, 2.05) is 24.3 Å². The molecule has 86 valence electrons. The van der Waals surface area contributed by atoms with E-state index in [2.05, 4.69) is 35.6 Å². The summed E-state index contributed by atoms with van der Waals surface area (Å²) < 4.78 is 2.17. The molecule has 3 nitrogen and oxygen atoms in total. The Morgan fingerprint density at radius 1 is 1.53 bits per heavy atom. The second kappa shape index (κ2) is 6.90. The molecule has 0 radical (unpaired) electrons. The van der Waals surface area contributed by atoms with Gasteiger partial charge in [0.15, 0.2) is 0 Å². The van der Waals surface area contributed by atoms with Gasteiger partial charge >= 0.3 is 0 Å². The van der Waals surface area contributed by atoms with E-state index in [4.69, 9.17) is 0 Å². The predicted molar refractivity (Wildman–Crippen MR) is 67.2 cm³/mol. The molecule has 0 bridgehead atoms. The van der Waals surface area contributed by atoms with Crippen molar-refractivity contribution in [1.29, 1.82) is 0 Å². The highest BCUT2D eigenvalue weighted by Gasteiger charge is 2.03. The summed E-state index contributed by atoms with van der Waals surface area (Å²) in [6, 6.07) is 0.565. The van der Waals surface area contributed by atoms with Gasteiger partial charge in [0.1, 0.15) is 0 Å². The van der Waals surface area contributed by atoms with Crippen LogP contribution in [-0.4, -0.2) is 27.1 Å². The molecule has 0 aromatic carbocycles. The molecular weight excluding hydrogens is 206 g/mol. The van der Waals surface area contributed by atoms with Crippen molar-refractivity contribution in [2.45, 2.75) is 39.9 Å². The molecular formula is C11H21N3S. The van der Waals surface area contributed by atoms with Crippen molar-refractivity contribution in [3.8, 4) is 0 Å². The average molecular weight is 227 g/mol. The monoisotopic (exact) mass is 227 g/mol. The summed E-state index contributed by atoms with van der Waals surface area (Å²) in [4.78, 5) is 4.15. The normalized spacial score (nSPS) is 13.0. The van der Waals surface area contributed by atoms with Crippen LogP contribution in [0, 0.1) is 0 Å². The number of nitrogens with one attached hydrogen (secondary N) is 1. The van der Waals surface area contributed by atoms with Crippen molar-refractivity contribution < 1.29 is 0 Å². The summed E-state index contributed by atoms with van der Waals surface area (Å²) in [5.74, 6) is 2.37. The Morgan fingerprint density at radius 2 is 2.33 bits per heavy atom. The molecule has 15 heavy (non-hydrogen) atoms. The largest absolute Gasteiger partial charge is 0.334 e. The van der Waals surface area contributed by atoms with Crippen LogP contribution in [0.1, 0.15) is 26.5 Å². The number of thioether (sulfide) groups is 1. The van der Waals surface area contributed by atoms with Crippen LogP contribution in [0.4, 0.5) is 0 Å². The van der Waals surface area contributed by atoms with Gasteiger partial charge < -0.3 is 9.88 Å². The maximum absolute atomic E-state index is 4.15. The molecule has 4 heteroatoms. The molecule has 0 spiro atoms. The Labute approximate surface area is 96.7 Å². The van der Waals surface area contributed by atoms with Gasteiger partial charge in [-0.3, -0.25) is 0 Å². The lowest BCUT2D eigenvalue weighted by Crippen LogP contribution is -2.28. The molecule has 1 N–H and O–H groups in total. The smallest absolute Gasteiger partial charge is 0.0948 e. The van der Waals surface area contributed by atoms with Crippen molar-refractivity contribution in [3.05, 3.63) is 18.2 Å². The van der Waals surface area contributed by atoms with Crippen LogP contribution in [0.3, 0.4) is 0 Å². The topological polar surface area (TPSA) is 29.9 Å². The van der Waals surface area contributed by atoms with E-state index in [0.29, 0.717) is 6.04 Å². The zero-order valence-corrected chi connectivity index (χ0v) is 10.7. The van der Waals surface area contributed by atoms with Crippen molar-refractivity contribution in [2.75, 3.05) is 11.5 Å². The Hall–Kier alpha value is -0.480. The molecule has 0 amide bonds. The van der Waals surface area contributed by atoms with E-state index in [9.17, 15) is 0 Å². The molecule has 1 heterocycles. The zero-order chi connectivity index (χ0) is 11.1. The summed E-state index contributed by atoms with van der Waals surface area (Å²) in [6.07, 6.45) is 3.83. The van der Waals surface area contributed by atoms with E-state index >= 15 is 0 Å². The van der Waals surface area contributed by atoms with Crippen molar-refractivity contribution in [1.82, 2.24) is 14.9 Å². The quantitative estimate of drug-likeness (QED) is 0.774. The fourth-order valence-corrected chi connectivity index (χ4v) is 2.12. The number of hydrogen-bond donors (Lipinski definition) is 1. The minimum absolute atomic E-state index is 0.565. The first kappa shape index (κ1) is 12.6. The second-order valence-electron chi connectivity index (χ2n) is 3.61. The molecule has 0 saturated carbocycles. The number of nitrogens with zero attached hydrogens (tertiary/aromatic N) is 2. The summed E-state index contributed by atoms with van der Waals surface area (Å²) in [5, 5.41) is 3.51. The highest BCUT2D eigenvalue weighted by atomic mass is 32.2. The first-order valence-electron chi connectivity index (χ1n) is 5.58. The molecule has 0 fully saturated rings. The Morgan fingerprint density at radius 3 is 3.00 bits per heavy atom. The maximum Gasteiger partial charge on any atom is 0.0948 e. The van der Waals surface area contributed by atoms with Crippen LogP contribution >= 0.6 is 11.8 Å². The molecule has 1 rings (SSSR count).